The average Bonchev–Trinajstić information content (AvgIpc) is 2.99. The van der Waals surface area contributed by atoms with Gasteiger partial charge in [0.15, 0.2) is 0 Å². The van der Waals surface area contributed by atoms with E-state index in [1.165, 1.54) is 17.6 Å². The first kappa shape index (κ1) is 12.7. The second-order valence-electron chi connectivity index (χ2n) is 4.04. The predicted octanol–water partition coefficient (Wildman–Crippen LogP) is 2.37. The summed E-state index contributed by atoms with van der Waals surface area (Å²) in [4.78, 5) is 11.6. The van der Waals surface area contributed by atoms with Crippen LogP contribution in [0, 0.1) is 0 Å². The van der Waals surface area contributed by atoms with E-state index in [1.807, 2.05) is 11.4 Å². The van der Waals surface area contributed by atoms with Crippen molar-refractivity contribution in [3.05, 3.63) is 41.7 Å². The van der Waals surface area contributed by atoms with Gasteiger partial charge in [0.25, 0.3) is 0 Å². The number of hydrogen-bond donors (Lipinski definition) is 3. The molecular weight excluding hydrogens is 252 g/mol. The molecule has 0 radical (unpaired) electrons. The minimum atomic E-state index is -1.23. The van der Waals surface area contributed by atoms with E-state index in [2.05, 4.69) is 10.6 Å². The number of carbonyl (C=O) groups excluding carboxylic acids is 1. The number of rotatable bonds is 4. The molecule has 0 spiro atoms. The Morgan fingerprint density at radius 3 is 2.94 bits per heavy atom. The first-order chi connectivity index (χ1) is 8.58. The van der Waals surface area contributed by atoms with Crippen molar-refractivity contribution in [3.63, 3.8) is 0 Å². The molecule has 2 amide bonds. The third-order valence-electron chi connectivity index (χ3n) is 2.40. The molecule has 2 rings (SSSR count). The molecule has 0 saturated heterocycles. The zero-order chi connectivity index (χ0) is 13.0. The lowest BCUT2D eigenvalue weighted by molar-refractivity contribution is 0.0372. The summed E-state index contributed by atoms with van der Waals surface area (Å²) >= 11 is 1.43. The lowest BCUT2D eigenvalue weighted by Gasteiger charge is -2.21. The molecule has 1 unspecified atom stereocenters. The lowest BCUT2D eigenvalue weighted by Crippen LogP contribution is -2.40. The van der Waals surface area contributed by atoms with Crippen LogP contribution in [0.25, 0.3) is 0 Å². The van der Waals surface area contributed by atoms with E-state index in [-0.39, 0.29) is 12.6 Å². The molecule has 0 saturated carbocycles. The monoisotopic (exact) mass is 266 g/mol. The van der Waals surface area contributed by atoms with E-state index < -0.39 is 5.60 Å². The minimum absolute atomic E-state index is 0.0672. The number of anilines is 1. The van der Waals surface area contributed by atoms with Crippen molar-refractivity contribution in [2.24, 2.45) is 0 Å². The zero-order valence-electron chi connectivity index (χ0n) is 9.84. The molecule has 2 aromatic rings. The summed E-state index contributed by atoms with van der Waals surface area (Å²) in [6.45, 7) is 1.65. The van der Waals surface area contributed by atoms with Crippen LogP contribution in [0.2, 0.25) is 0 Å². The van der Waals surface area contributed by atoms with Crippen LogP contribution in [0.3, 0.4) is 0 Å². The maximum Gasteiger partial charge on any atom is 0.319 e. The second kappa shape index (κ2) is 5.24. The summed E-state index contributed by atoms with van der Waals surface area (Å²) < 4.78 is 5.12. The van der Waals surface area contributed by atoms with E-state index in [0.717, 1.165) is 5.00 Å². The molecule has 0 aliphatic rings. The number of aliphatic hydroxyl groups is 1. The summed E-state index contributed by atoms with van der Waals surface area (Å²) in [5, 5.41) is 18.0. The molecule has 18 heavy (non-hydrogen) atoms. The molecule has 2 aromatic heterocycles. The summed E-state index contributed by atoms with van der Waals surface area (Å²) in [5.41, 5.74) is -1.23. The van der Waals surface area contributed by atoms with Gasteiger partial charge in [-0.15, -0.1) is 11.3 Å². The first-order valence-corrected chi connectivity index (χ1v) is 6.30. The van der Waals surface area contributed by atoms with Crippen LogP contribution in [0.1, 0.15) is 12.7 Å². The predicted molar refractivity (Wildman–Crippen MR) is 69.6 cm³/mol. The molecule has 1 atom stereocenters. The molecule has 0 aliphatic carbocycles. The van der Waals surface area contributed by atoms with Gasteiger partial charge in [-0.25, -0.2) is 4.79 Å². The number of hydrogen-bond acceptors (Lipinski definition) is 4. The van der Waals surface area contributed by atoms with E-state index in [0.29, 0.717) is 5.76 Å². The van der Waals surface area contributed by atoms with Crippen molar-refractivity contribution < 1.29 is 14.3 Å². The van der Waals surface area contributed by atoms with Gasteiger partial charge in [0, 0.05) is 0 Å². The van der Waals surface area contributed by atoms with Crippen molar-refractivity contribution in [1.82, 2.24) is 5.32 Å². The maximum absolute atomic E-state index is 11.6. The highest BCUT2D eigenvalue weighted by Crippen LogP contribution is 2.20. The molecular formula is C12H14N2O3S. The zero-order valence-corrected chi connectivity index (χ0v) is 10.7. The van der Waals surface area contributed by atoms with Crippen molar-refractivity contribution in [1.29, 1.82) is 0 Å². The van der Waals surface area contributed by atoms with E-state index in [9.17, 15) is 9.90 Å². The van der Waals surface area contributed by atoms with Gasteiger partial charge in [0.1, 0.15) is 11.4 Å². The smallest absolute Gasteiger partial charge is 0.319 e. The highest BCUT2D eigenvalue weighted by molar-refractivity contribution is 7.14. The number of carbonyl (C=O) groups is 1. The molecule has 96 valence electrons. The van der Waals surface area contributed by atoms with Crippen molar-refractivity contribution in [2.45, 2.75) is 12.5 Å². The van der Waals surface area contributed by atoms with E-state index >= 15 is 0 Å². The van der Waals surface area contributed by atoms with Crippen molar-refractivity contribution >= 4 is 22.4 Å². The van der Waals surface area contributed by atoms with Gasteiger partial charge in [-0.3, -0.25) is 5.32 Å². The highest BCUT2D eigenvalue weighted by atomic mass is 32.1. The van der Waals surface area contributed by atoms with Crippen LogP contribution in [0.15, 0.2) is 40.3 Å². The molecule has 6 heteroatoms. The van der Waals surface area contributed by atoms with Gasteiger partial charge in [-0.2, -0.15) is 0 Å². The van der Waals surface area contributed by atoms with Crippen molar-refractivity contribution in [2.75, 3.05) is 11.9 Å². The summed E-state index contributed by atoms with van der Waals surface area (Å²) in [7, 11) is 0. The number of thiophene rings is 1. The number of furan rings is 1. The molecule has 0 bridgehead atoms. The van der Waals surface area contributed by atoms with Gasteiger partial charge < -0.3 is 14.8 Å². The maximum atomic E-state index is 11.6. The van der Waals surface area contributed by atoms with E-state index in [1.54, 1.807) is 25.1 Å². The summed E-state index contributed by atoms with van der Waals surface area (Å²) in [6, 6.07) is 6.65. The molecule has 5 nitrogen and oxygen atoms in total. The number of urea groups is 1. The molecule has 2 heterocycles. The highest BCUT2D eigenvalue weighted by Gasteiger charge is 2.26. The number of nitrogens with one attached hydrogen (secondary N) is 2. The minimum Gasteiger partial charge on any atom is -0.466 e. The molecule has 3 N–H and O–H groups in total. The number of amides is 2. The standard InChI is InChI=1S/C12H14N2O3S/c1-12(16,9-4-2-6-17-9)8-13-11(15)14-10-5-3-7-18-10/h2-7,16H,8H2,1H3,(H2,13,14,15). The third kappa shape index (κ3) is 3.12. The first-order valence-electron chi connectivity index (χ1n) is 5.43. The van der Waals surface area contributed by atoms with Gasteiger partial charge in [0.05, 0.1) is 17.8 Å². The fourth-order valence-electron chi connectivity index (χ4n) is 1.43. The largest absolute Gasteiger partial charge is 0.466 e. The fourth-order valence-corrected chi connectivity index (χ4v) is 2.04. The topological polar surface area (TPSA) is 74.5 Å². The Labute approximate surface area is 108 Å². The Balaban J connectivity index is 1.86. The van der Waals surface area contributed by atoms with Crippen LogP contribution in [0.5, 0.6) is 0 Å². The fraction of sp³-hybridized carbons (Fsp3) is 0.250. The Morgan fingerprint density at radius 1 is 1.50 bits per heavy atom. The van der Waals surface area contributed by atoms with Gasteiger partial charge in [0.2, 0.25) is 0 Å². The molecule has 0 aliphatic heterocycles. The molecule has 0 aromatic carbocycles. The summed E-state index contributed by atoms with van der Waals surface area (Å²) in [5.74, 6) is 0.416. The quantitative estimate of drug-likeness (QED) is 0.795. The summed E-state index contributed by atoms with van der Waals surface area (Å²) in [6.07, 6.45) is 1.48. The Kier molecular flexibility index (Phi) is 3.69. The Morgan fingerprint density at radius 2 is 2.33 bits per heavy atom. The second-order valence-corrected chi connectivity index (χ2v) is 4.98. The average molecular weight is 266 g/mol. The lowest BCUT2D eigenvalue weighted by atomic mass is 10.0. The van der Waals surface area contributed by atoms with Gasteiger partial charge >= 0.3 is 6.03 Å². The van der Waals surface area contributed by atoms with Crippen LogP contribution >= 0.6 is 11.3 Å². The molecule has 0 fully saturated rings. The Bertz CT molecular complexity index is 491. The third-order valence-corrected chi connectivity index (χ3v) is 3.19. The van der Waals surface area contributed by atoms with Crippen LogP contribution in [-0.4, -0.2) is 17.7 Å². The van der Waals surface area contributed by atoms with Gasteiger partial charge in [-0.1, -0.05) is 0 Å². The van der Waals surface area contributed by atoms with E-state index in [4.69, 9.17) is 4.42 Å². The van der Waals surface area contributed by atoms with Crippen LogP contribution in [0.4, 0.5) is 9.80 Å². The SMILES string of the molecule is CC(O)(CNC(=O)Nc1cccs1)c1ccco1. The van der Waals surface area contributed by atoms with Crippen molar-refractivity contribution in [3.8, 4) is 0 Å². The van der Waals surface area contributed by atoms with Gasteiger partial charge in [-0.05, 0) is 36.6 Å². The van der Waals surface area contributed by atoms with Crippen LogP contribution in [-0.2, 0) is 5.60 Å². The van der Waals surface area contributed by atoms with Crippen LogP contribution < -0.4 is 10.6 Å². The Hall–Kier alpha value is -1.79. The normalized spacial score (nSPS) is 13.9.